The average molecular weight is 369 g/mol. The van der Waals surface area contributed by atoms with E-state index in [1.54, 1.807) is 30.3 Å². The standard InChI is InChI=1S/C20H23N3O4/c1-26-19(24)17-10-6-5-9-16(17)18-12-11-15(27-18)13-21-23-20(25)22-14-7-3-2-4-8-14/h5-6,9-14H,2-4,7-8H2,1H3,(H2,22,23,25). The number of carbonyl (C=O) groups is 2. The first-order valence-corrected chi connectivity index (χ1v) is 9.04. The van der Waals surface area contributed by atoms with Crippen molar-refractivity contribution in [3.8, 4) is 11.3 Å². The lowest BCUT2D eigenvalue weighted by molar-refractivity contribution is 0.0601. The molecule has 0 bridgehead atoms. The maximum absolute atomic E-state index is 11.9. The second-order valence-electron chi connectivity index (χ2n) is 6.42. The van der Waals surface area contributed by atoms with Crippen molar-refractivity contribution in [1.82, 2.24) is 10.7 Å². The topological polar surface area (TPSA) is 92.9 Å². The van der Waals surface area contributed by atoms with Crippen LogP contribution in [0.15, 0.2) is 45.9 Å². The fraction of sp³-hybridized carbons (Fsp3) is 0.350. The van der Waals surface area contributed by atoms with E-state index in [9.17, 15) is 9.59 Å². The highest BCUT2D eigenvalue weighted by Gasteiger charge is 2.16. The Morgan fingerprint density at radius 3 is 2.70 bits per heavy atom. The quantitative estimate of drug-likeness (QED) is 0.477. The summed E-state index contributed by atoms with van der Waals surface area (Å²) in [5, 5.41) is 6.83. The number of hydrazone groups is 1. The van der Waals surface area contributed by atoms with Crippen LogP contribution in [0.1, 0.15) is 48.2 Å². The van der Waals surface area contributed by atoms with E-state index in [0.29, 0.717) is 22.6 Å². The lowest BCUT2D eigenvalue weighted by atomic mass is 9.96. The summed E-state index contributed by atoms with van der Waals surface area (Å²) in [5.74, 6) is 0.546. The first kappa shape index (κ1) is 18.7. The summed E-state index contributed by atoms with van der Waals surface area (Å²) in [6, 6.07) is 10.4. The lowest BCUT2D eigenvalue weighted by Crippen LogP contribution is -2.41. The van der Waals surface area contributed by atoms with Crippen molar-refractivity contribution in [3.05, 3.63) is 47.7 Å². The summed E-state index contributed by atoms with van der Waals surface area (Å²) in [5.41, 5.74) is 3.50. The molecule has 0 saturated heterocycles. The zero-order chi connectivity index (χ0) is 19.1. The number of nitrogens with zero attached hydrogens (tertiary/aromatic N) is 1. The van der Waals surface area contributed by atoms with Crippen LogP contribution in [0.25, 0.3) is 11.3 Å². The van der Waals surface area contributed by atoms with Gasteiger partial charge in [0.1, 0.15) is 11.5 Å². The number of hydrogen-bond acceptors (Lipinski definition) is 5. The molecule has 7 heteroatoms. The molecular formula is C20H23N3O4. The summed E-state index contributed by atoms with van der Waals surface area (Å²) >= 11 is 0. The Morgan fingerprint density at radius 1 is 1.15 bits per heavy atom. The van der Waals surface area contributed by atoms with Gasteiger partial charge in [0.15, 0.2) is 0 Å². The van der Waals surface area contributed by atoms with Crippen molar-refractivity contribution in [2.45, 2.75) is 38.1 Å². The van der Waals surface area contributed by atoms with Crippen molar-refractivity contribution in [2.24, 2.45) is 5.10 Å². The van der Waals surface area contributed by atoms with Gasteiger partial charge in [0, 0.05) is 11.6 Å². The third-order valence-corrected chi connectivity index (χ3v) is 4.52. The van der Waals surface area contributed by atoms with Gasteiger partial charge in [0.25, 0.3) is 0 Å². The van der Waals surface area contributed by atoms with Crippen molar-refractivity contribution in [1.29, 1.82) is 0 Å². The highest BCUT2D eigenvalue weighted by Crippen LogP contribution is 2.26. The molecule has 142 valence electrons. The van der Waals surface area contributed by atoms with Crippen LogP contribution in [0.4, 0.5) is 4.79 Å². The monoisotopic (exact) mass is 369 g/mol. The fourth-order valence-corrected chi connectivity index (χ4v) is 3.17. The highest BCUT2D eigenvalue weighted by molar-refractivity contribution is 5.96. The molecule has 7 nitrogen and oxygen atoms in total. The molecule has 1 aliphatic carbocycles. The normalized spacial score (nSPS) is 14.9. The summed E-state index contributed by atoms with van der Waals surface area (Å²) in [7, 11) is 1.34. The predicted molar refractivity (Wildman–Crippen MR) is 102 cm³/mol. The summed E-state index contributed by atoms with van der Waals surface area (Å²) in [4.78, 5) is 23.7. The second-order valence-corrected chi connectivity index (χ2v) is 6.42. The van der Waals surface area contributed by atoms with Crippen LogP contribution >= 0.6 is 0 Å². The lowest BCUT2D eigenvalue weighted by Gasteiger charge is -2.22. The molecule has 0 spiro atoms. The van der Waals surface area contributed by atoms with Crippen LogP contribution in [-0.2, 0) is 4.74 Å². The van der Waals surface area contributed by atoms with Gasteiger partial charge in [-0.3, -0.25) is 0 Å². The van der Waals surface area contributed by atoms with E-state index < -0.39 is 5.97 Å². The number of esters is 1. The maximum atomic E-state index is 11.9. The number of benzene rings is 1. The largest absolute Gasteiger partial charge is 0.465 e. The Hall–Kier alpha value is -3.09. The van der Waals surface area contributed by atoms with Crippen LogP contribution in [0.2, 0.25) is 0 Å². The molecule has 1 saturated carbocycles. The minimum atomic E-state index is -0.432. The molecular weight excluding hydrogens is 346 g/mol. The zero-order valence-electron chi connectivity index (χ0n) is 15.2. The second kappa shape index (κ2) is 9.02. The number of hydrogen-bond donors (Lipinski definition) is 2. The third kappa shape index (κ3) is 4.97. The van der Waals surface area contributed by atoms with E-state index >= 15 is 0 Å². The van der Waals surface area contributed by atoms with Gasteiger partial charge in [-0.1, -0.05) is 37.5 Å². The van der Waals surface area contributed by atoms with Crippen molar-refractivity contribution in [3.63, 3.8) is 0 Å². The molecule has 1 aromatic heterocycles. The Balaban J connectivity index is 1.60. The first-order chi connectivity index (χ1) is 13.2. The average Bonchev–Trinajstić information content (AvgIpc) is 3.17. The third-order valence-electron chi connectivity index (χ3n) is 4.52. The summed E-state index contributed by atoms with van der Waals surface area (Å²) < 4.78 is 10.5. The Morgan fingerprint density at radius 2 is 1.93 bits per heavy atom. The SMILES string of the molecule is COC(=O)c1ccccc1-c1ccc(C=NNC(=O)NC2CCCCC2)o1. The predicted octanol–water partition coefficient (Wildman–Crippen LogP) is 3.70. The van der Waals surface area contributed by atoms with Crippen LogP contribution in [0, 0.1) is 0 Å². The van der Waals surface area contributed by atoms with Crippen molar-refractivity contribution < 1.29 is 18.7 Å². The Bertz CT molecular complexity index is 822. The number of methoxy groups -OCH3 is 1. The van der Waals surface area contributed by atoms with E-state index in [0.717, 1.165) is 25.7 Å². The minimum absolute atomic E-state index is 0.221. The van der Waals surface area contributed by atoms with Gasteiger partial charge in [-0.25, -0.2) is 15.0 Å². The number of ether oxygens (including phenoxy) is 1. The van der Waals surface area contributed by atoms with Gasteiger partial charge in [-0.15, -0.1) is 0 Å². The van der Waals surface area contributed by atoms with Gasteiger partial charge in [-0.2, -0.15) is 5.10 Å². The van der Waals surface area contributed by atoms with Crippen LogP contribution in [-0.4, -0.2) is 31.4 Å². The molecule has 2 N–H and O–H groups in total. The van der Waals surface area contributed by atoms with Crippen LogP contribution in [0.5, 0.6) is 0 Å². The molecule has 1 heterocycles. The fourth-order valence-electron chi connectivity index (χ4n) is 3.17. The van der Waals surface area contributed by atoms with Gasteiger partial charge in [-0.05, 0) is 31.0 Å². The van der Waals surface area contributed by atoms with Gasteiger partial charge in [0.2, 0.25) is 0 Å². The number of nitrogens with one attached hydrogen (secondary N) is 2. The van der Waals surface area contributed by atoms with E-state index in [2.05, 4.69) is 15.8 Å². The molecule has 0 atom stereocenters. The smallest absolute Gasteiger partial charge is 0.338 e. The molecule has 0 unspecified atom stereocenters. The summed E-state index contributed by atoms with van der Waals surface area (Å²) in [6.07, 6.45) is 6.98. The van der Waals surface area contributed by atoms with Crippen molar-refractivity contribution in [2.75, 3.05) is 7.11 Å². The van der Waals surface area contributed by atoms with E-state index in [4.69, 9.17) is 9.15 Å². The molecule has 0 aliphatic heterocycles. The van der Waals surface area contributed by atoms with Crippen LogP contribution < -0.4 is 10.7 Å². The number of amides is 2. The highest BCUT2D eigenvalue weighted by atomic mass is 16.5. The van der Waals surface area contributed by atoms with Gasteiger partial charge in [0.05, 0.1) is 18.9 Å². The Labute approximate surface area is 157 Å². The zero-order valence-corrected chi connectivity index (χ0v) is 15.2. The van der Waals surface area contributed by atoms with E-state index in [1.165, 1.54) is 19.7 Å². The minimum Gasteiger partial charge on any atom is -0.465 e. The molecule has 2 amide bonds. The van der Waals surface area contributed by atoms with E-state index in [1.807, 2.05) is 6.07 Å². The summed E-state index contributed by atoms with van der Waals surface area (Å²) in [6.45, 7) is 0. The van der Waals surface area contributed by atoms with Crippen molar-refractivity contribution >= 4 is 18.2 Å². The molecule has 2 aromatic rings. The maximum Gasteiger partial charge on any atom is 0.338 e. The Kier molecular flexibility index (Phi) is 6.25. The molecule has 3 rings (SSSR count). The molecule has 1 aliphatic rings. The number of urea groups is 1. The van der Waals surface area contributed by atoms with Gasteiger partial charge >= 0.3 is 12.0 Å². The number of rotatable bonds is 5. The first-order valence-electron chi connectivity index (χ1n) is 9.04. The van der Waals surface area contributed by atoms with E-state index in [-0.39, 0.29) is 12.1 Å². The molecule has 27 heavy (non-hydrogen) atoms. The van der Waals surface area contributed by atoms with Crippen LogP contribution in [0.3, 0.4) is 0 Å². The number of furan rings is 1. The molecule has 1 aromatic carbocycles. The molecule has 0 radical (unpaired) electrons. The molecule has 1 fully saturated rings. The number of carbonyl (C=O) groups excluding carboxylic acids is 2. The van der Waals surface area contributed by atoms with Gasteiger partial charge < -0.3 is 14.5 Å².